The van der Waals surface area contributed by atoms with Gasteiger partial charge in [-0.05, 0) is 6.07 Å². The number of aliphatic hydroxyl groups excluding tert-OH is 1. The summed E-state index contributed by atoms with van der Waals surface area (Å²) in [6.45, 7) is 0. The first kappa shape index (κ1) is 13.5. The van der Waals surface area contributed by atoms with Gasteiger partial charge in [-0.15, -0.1) is 5.10 Å². The van der Waals surface area contributed by atoms with E-state index in [-0.39, 0.29) is 5.69 Å². The van der Waals surface area contributed by atoms with Crippen LogP contribution >= 0.6 is 0 Å². The Morgan fingerprint density at radius 3 is 2.53 bits per heavy atom. The minimum atomic E-state index is -4.81. The maximum atomic E-state index is 13.8. The lowest BCUT2D eigenvalue weighted by atomic mass is 10.0. The van der Waals surface area contributed by atoms with E-state index in [9.17, 15) is 22.7 Å². The highest BCUT2D eigenvalue weighted by Gasteiger charge is 2.36. The highest BCUT2D eigenvalue weighted by molar-refractivity contribution is 5.32. The van der Waals surface area contributed by atoms with Crippen LogP contribution in [0.4, 0.5) is 17.6 Å². The van der Waals surface area contributed by atoms with Gasteiger partial charge in [0.05, 0.1) is 17.5 Å². The molecule has 1 heterocycles. The van der Waals surface area contributed by atoms with E-state index in [0.717, 1.165) is 23.0 Å². The van der Waals surface area contributed by atoms with Gasteiger partial charge in [-0.25, -0.2) is 9.07 Å². The quantitative estimate of drug-likeness (QED) is 0.853. The smallest absolute Gasteiger partial charge is 0.382 e. The molecule has 102 valence electrons. The number of alkyl halides is 3. The molecule has 0 spiro atoms. The SMILES string of the molecule is Cn1nncc1C(O)c1cccc(C(F)(F)F)c1F. The molecule has 2 aromatic rings. The lowest BCUT2D eigenvalue weighted by molar-refractivity contribution is -0.140. The Morgan fingerprint density at radius 1 is 1.32 bits per heavy atom. The van der Waals surface area contributed by atoms with Crippen LogP contribution < -0.4 is 0 Å². The van der Waals surface area contributed by atoms with E-state index < -0.39 is 29.2 Å². The zero-order valence-corrected chi connectivity index (χ0v) is 9.69. The van der Waals surface area contributed by atoms with Crippen LogP contribution in [0.5, 0.6) is 0 Å². The van der Waals surface area contributed by atoms with Gasteiger partial charge in [0.15, 0.2) is 0 Å². The number of aromatic nitrogens is 3. The third kappa shape index (κ3) is 2.43. The molecule has 1 aromatic carbocycles. The second-order valence-corrected chi connectivity index (χ2v) is 3.89. The number of benzene rings is 1. The minimum absolute atomic E-state index is 0.0956. The standard InChI is InChI=1S/C11H9F4N3O/c1-18-8(5-16-17-18)10(19)6-3-2-4-7(9(6)12)11(13,14)15/h2-5,10,19H,1H3. The average Bonchev–Trinajstić information content (AvgIpc) is 2.73. The summed E-state index contributed by atoms with van der Waals surface area (Å²) in [6, 6.07) is 2.74. The lowest BCUT2D eigenvalue weighted by Gasteiger charge is -2.15. The molecule has 1 unspecified atom stereocenters. The van der Waals surface area contributed by atoms with Crippen molar-refractivity contribution in [2.75, 3.05) is 0 Å². The van der Waals surface area contributed by atoms with Gasteiger partial charge < -0.3 is 5.11 Å². The van der Waals surface area contributed by atoms with E-state index >= 15 is 0 Å². The normalized spacial score (nSPS) is 13.6. The van der Waals surface area contributed by atoms with Gasteiger partial charge in [0.2, 0.25) is 0 Å². The van der Waals surface area contributed by atoms with Crippen LogP contribution in [-0.4, -0.2) is 20.1 Å². The van der Waals surface area contributed by atoms with Gasteiger partial charge >= 0.3 is 6.18 Å². The zero-order chi connectivity index (χ0) is 14.2. The summed E-state index contributed by atoms with van der Waals surface area (Å²) < 4.78 is 52.7. The Morgan fingerprint density at radius 2 is 2.00 bits per heavy atom. The van der Waals surface area contributed by atoms with Gasteiger partial charge in [0, 0.05) is 12.6 Å². The zero-order valence-electron chi connectivity index (χ0n) is 9.69. The number of nitrogens with zero attached hydrogens (tertiary/aromatic N) is 3. The topological polar surface area (TPSA) is 50.9 Å². The number of halogens is 4. The van der Waals surface area contributed by atoms with E-state index in [4.69, 9.17) is 0 Å². The Kier molecular flexibility index (Phi) is 3.27. The summed E-state index contributed by atoms with van der Waals surface area (Å²) in [7, 11) is 1.44. The maximum Gasteiger partial charge on any atom is 0.419 e. The van der Waals surface area contributed by atoms with Crippen LogP contribution in [-0.2, 0) is 13.2 Å². The van der Waals surface area contributed by atoms with Crippen LogP contribution in [0.25, 0.3) is 0 Å². The highest BCUT2D eigenvalue weighted by Crippen LogP contribution is 2.34. The molecule has 0 aliphatic carbocycles. The van der Waals surface area contributed by atoms with Gasteiger partial charge in [-0.2, -0.15) is 13.2 Å². The number of aryl methyl sites for hydroxylation is 1. The van der Waals surface area contributed by atoms with Crippen molar-refractivity contribution >= 4 is 0 Å². The van der Waals surface area contributed by atoms with E-state index in [2.05, 4.69) is 10.3 Å². The molecule has 0 aliphatic heterocycles. The van der Waals surface area contributed by atoms with Gasteiger partial charge in [-0.1, -0.05) is 17.3 Å². The average molecular weight is 275 g/mol. The minimum Gasteiger partial charge on any atom is -0.382 e. The first-order valence-electron chi connectivity index (χ1n) is 5.20. The second-order valence-electron chi connectivity index (χ2n) is 3.89. The fourth-order valence-electron chi connectivity index (χ4n) is 1.68. The molecule has 19 heavy (non-hydrogen) atoms. The van der Waals surface area contributed by atoms with Crippen molar-refractivity contribution in [2.45, 2.75) is 12.3 Å². The molecule has 0 radical (unpaired) electrons. The molecule has 1 aromatic heterocycles. The molecular weight excluding hydrogens is 266 g/mol. The molecule has 0 saturated carbocycles. The Labute approximate surface area is 105 Å². The lowest BCUT2D eigenvalue weighted by Crippen LogP contribution is -2.13. The van der Waals surface area contributed by atoms with E-state index in [1.807, 2.05) is 0 Å². The van der Waals surface area contributed by atoms with Gasteiger partial charge in [0.25, 0.3) is 0 Å². The van der Waals surface area contributed by atoms with Crippen LogP contribution in [0.15, 0.2) is 24.4 Å². The predicted octanol–water partition coefficient (Wildman–Crippen LogP) is 2.05. The van der Waals surface area contributed by atoms with E-state index in [1.54, 1.807) is 0 Å². The predicted molar refractivity (Wildman–Crippen MR) is 56.5 cm³/mol. The van der Waals surface area contributed by atoms with Crippen molar-refractivity contribution in [3.63, 3.8) is 0 Å². The maximum absolute atomic E-state index is 13.8. The van der Waals surface area contributed by atoms with Crippen molar-refractivity contribution in [1.82, 2.24) is 15.0 Å². The number of rotatable bonds is 2. The van der Waals surface area contributed by atoms with Crippen LogP contribution in [0, 0.1) is 5.82 Å². The molecule has 0 aliphatic rings. The summed E-state index contributed by atoms with van der Waals surface area (Å²) in [5, 5.41) is 16.9. The van der Waals surface area contributed by atoms with Crippen LogP contribution in [0.2, 0.25) is 0 Å². The molecule has 0 saturated heterocycles. The van der Waals surface area contributed by atoms with E-state index in [1.165, 1.54) is 7.05 Å². The molecule has 0 fully saturated rings. The first-order chi connectivity index (χ1) is 8.82. The van der Waals surface area contributed by atoms with Crippen molar-refractivity contribution in [3.8, 4) is 0 Å². The molecule has 1 N–H and O–H groups in total. The van der Waals surface area contributed by atoms with Crippen molar-refractivity contribution in [3.05, 3.63) is 47.0 Å². The van der Waals surface area contributed by atoms with Crippen molar-refractivity contribution in [1.29, 1.82) is 0 Å². The Hall–Kier alpha value is -1.96. The third-order valence-electron chi connectivity index (χ3n) is 2.66. The second kappa shape index (κ2) is 4.61. The third-order valence-corrected chi connectivity index (χ3v) is 2.66. The van der Waals surface area contributed by atoms with Crippen LogP contribution in [0.1, 0.15) is 22.9 Å². The Balaban J connectivity index is 2.50. The van der Waals surface area contributed by atoms with Crippen molar-refractivity contribution < 1.29 is 22.7 Å². The molecule has 2 rings (SSSR count). The molecule has 1 atom stereocenters. The summed E-state index contributed by atoms with van der Waals surface area (Å²) in [6.07, 6.45) is -5.23. The molecule has 8 heteroatoms. The fraction of sp³-hybridized carbons (Fsp3) is 0.273. The molecule has 4 nitrogen and oxygen atoms in total. The Bertz CT molecular complexity index is 594. The van der Waals surface area contributed by atoms with Gasteiger partial charge in [-0.3, -0.25) is 0 Å². The molecule has 0 bridgehead atoms. The van der Waals surface area contributed by atoms with E-state index in [0.29, 0.717) is 6.07 Å². The fourth-order valence-corrected chi connectivity index (χ4v) is 1.68. The monoisotopic (exact) mass is 275 g/mol. The highest BCUT2D eigenvalue weighted by atomic mass is 19.4. The summed E-state index contributed by atoms with van der Waals surface area (Å²) in [5.41, 5.74) is -1.79. The summed E-state index contributed by atoms with van der Waals surface area (Å²) in [4.78, 5) is 0. The number of aliphatic hydroxyl groups is 1. The number of hydrogen-bond acceptors (Lipinski definition) is 3. The number of hydrogen-bond donors (Lipinski definition) is 1. The van der Waals surface area contributed by atoms with Crippen LogP contribution in [0.3, 0.4) is 0 Å². The first-order valence-corrected chi connectivity index (χ1v) is 5.20. The summed E-state index contributed by atoms with van der Waals surface area (Å²) >= 11 is 0. The van der Waals surface area contributed by atoms with Crippen molar-refractivity contribution in [2.24, 2.45) is 7.05 Å². The molecular formula is C11H9F4N3O. The molecule has 0 amide bonds. The van der Waals surface area contributed by atoms with Gasteiger partial charge in [0.1, 0.15) is 11.9 Å². The largest absolute Gasteiger partial charge is 0.419 e. The summed E-state index contributed by atoms with van der Waals surface area (Å²) in [5.74, 6) is -1.50.